The summed E-state index contributed by atoms with van der Waals surface area (Å²) in [6, 6.07) is 0. The standard InChI is InChI=1S/C44H93N2O5P/c1-6-8-10-12-14-16-18-20-22-23-24-25-27-29-31-33-35-37-40-49-43-44(51-52(47,48)50-41-39-46(3,4)5)42-45-38-36-34-32-30-28-26-21-19-17-15-13-11-9-7-2/h44-45H,6-43H2,1-5H3/p+1. The Labute approximate surface area is 326 Å². The van der Waals surface area contributed by atoms with Gasteiger partial charge in [0.15, 0.2) is 0 Å². The fraction of sp³-hybridized carbons (Fsp3) is 1.00. The Morgan fingerprint density at radius 3 is 1.23 bits per heavy atom. The maximum absolute atomic E-state index is 12.7. The lowest BCUT2D eigenvalue weighted by molar-refractivity contribution is -0.870. The summed E-state index contributed by atoms with van der Waals surface area (Å²) in [6.45, 7) is 7.71. The summed E-state index contributed by atoms with van der Waals surface area (Å²) in [4.78, 5) is 10.4. The molecule has 0 aromatic heterocycles. The molecule has 2 N–H and O–H groups in total. The van der Waals surface area contributed by atoms with Crippen LogP contribution in [-0.2, 0) is 18.3 Å². The number of likely N-dealkylation sites (N-methyl/N-ethyl adjacent to an activating group) is 1. The Kier molecular flexibility index (Phi) is 39.2. The van der Waals surface area contributed by atoms with Crippen LogP contribution in [-0.4, -0.2) is 76.1 Å². The van der Waals surface area contributed by atoms with Gasteiger partial charge in [0, 0.05) is 13.2 Å². The van der Waals surface area contributed by atoms with Crippen molar-refractivity contribution in [2.45, 2.75) is 225 Å². The van der Waals surface area contributed by atoms with E-state index in [9.17, 15) is 9.46 Å². The van der Waals surface area contributed by atoms with Gasteiger partial charge >= 0.3 is 7.82 Å². The summed E-state index contributed by atoms with van der Waals surface area (Å²) < 4.78 is 30.2. The lowest BCUT2D eigenvalue weighted by Gasteiger charge is -2.25. The quantitative estimate of drug-likeness (QED) is 0.0366. The van der Waals surface area contributed by atoms with E-state index in [1.165, 1.54) is 193 Å². The number of unbranched alkanes of at least 4 members (excludes halogenated alkanes) is 30. The molecule has 2 atom stereocenters. The Hall–Kier alpha value is -0.0100. The van der Waals surface area contributed by atoms with Crippen molar-refractivity contribution in [3.8, 4) is 0 Å². The third-order valence-electron chi connectivity index (χ3n) is 10.3. The number of phosphoric acid groups is 1. The van der Waals surface area contributed by atoms with Crippen molar-refractivity contribution in [2.24, 2.45) is 0 Å². The largest absolute Gasteiger partial charge is 0.472 e. The third kappa shape index (κ3) is 42.7. The highest BCUT2D eigenvalue weighted by atomic mass is 31.2. The van der Waals surface area contributed by atoms with Gasteiger partial charge in [-0.3, -0.25) is 9.05 Å². The van der Waals surface area contributed by atoms with Gasteiger partial charge in [0.2, 0.25) is 0 Å². The zero-order chi connectivity index (χ0) is 38.3. The molecular formula is C44H94N2O5P+. The summed E-state index contributed by atoms with van der Waals surface area (Å²) in [5.41, 5.74) is 0. The van der Waals surface area contributed by atoms with Crippen LogP contribution in [0.4, 0.5) is 0 Å². The summed E-state index contributed by atoms with van der Waals surface area (Å²) in [7, 11) is 1.94. The van der Waals surface area contributed by atoms with Crippen molar-refractivity contribution in [2.75, 3.05) is 60.6 Å². The van der Waals surface area contributed by atoms with Gasteiger partial charge in [-0.15, -0.1) is 0 Å². The molecule has 8 heteroatoms. The second-order valence-corrected chi connectivity index (χ2v) is 18.3. The van der Waals surface area contributed by atoms with E-state index in [1.54, 1.807) is 0 Å². The molecule has 0 radical (unpaired) electrons. The average Bonchev–Trinajstić information content (AvgIpc) is 3.09. The van der Waals surface area contributed by atoms with E-state index in [0.29, 0.717) is 30.8 Å². The molecule has 0 saturated carbocycles. The molecule has 0 aliphatic carbocycles. The van der Waals surface area contributed by atoms with E-state index in [2.05, 4.69) is 19.2 Å². The Balaban J connectivity index is 3.99. The van der Waals surface area contributed by atoms with Crippen LogP contribution in [0.5, 0.6) is 0 Å². The van der Waals surface area contributed by atoms with Crippen LogP contribution in [0.25, 0.3) is 0 Å². The number of nitrogens with zero attached hydrogens (tertiary/aromatic N) is 1. The van der Waals surface area contributed by atoms with Crippen LogP contribution < -0.4 is 5.32 Å². The van der Waals surface area contributed by atoms with Gasteiger partial charge in [-0.1, -0.05) is 206 Å². The molecule has 0 aliphatic rings. The Morgan fingerprint density at radius 2 is 0.865 bits per heavy atom. The van der Waals surface area contributed by atoms with Crippen molar-refractivity contribution in [3.63, 3.8) is 0 Å². The number of nitrogens with one attached hydrogen (secondary N) is 1. The smallest absolute Gasteiger partial charge is 0.379 e. The van der Waals surface area contributed by atoms with Crippen molar-refractivity contribution < 1.29 is 27.7 Å². The minimum absolute atomic E-state index is 0.177. The summed E-state index contributed by atoms with van der Waals surface area (Å²) in [5, 5.41) is 3.45. The Bertz CT molecular complexity index is 751. The van der Waals surface area contributed by atoms with Crippen LogP contribution in [0.1, 0.15) is 219 Å². The van der Waals surface area contributed by atoms with Gasteiger partial charge in [0.25, 0.3) is 0 Å². The molecule has 0 spiro atoms. The molecule has 0 bridgehead atoms. The molecule has 7 nitrogen and oxygen atoms in total. The SMILES string of the molecule is CCCCCCCCCCCCCCCCCCCCOCC(CNCCCCCCCCCCCCCCCC)OP(=O)(O)OCC[N+](C)(C)C. The first-order valence-corrected chi connectivity index (χ1v) is 24.4. The molecule has 0 aliphatic heterocycles. The highest BCUT2D eigenvalue weighted by Gasteiger charge is 2.27. The van der Waals surface area contributed by atoms with Crippen molar-refractivity contribution in [3.05, 3.63) is 0 Å². The minimum atomic E-state index is -4.15. The van der Waals surface area contributed by atoms with Crippen LogP contribution in [0, 0.1) is 0 Å². The molecule has 0 aromatic carbocycles. The average molecular weight is 762 g/mol. The first kappa shape index (κ1) is 52.0. The number of hydrogen-bond acceptors (Lipinski definition) is 5. The first-order valence-electron chi connectivity index (χ1n) is 22.9. The lowest BCUT2D eigenvalue weighted by atomic mass is 10.0. The molecular weight excluding hydrogens is 667 g/mol. The predicted molar refractivity (Wildman–Crippen MR) is 226 cm³/mol. The zero-order valence-corrected chi connectivity index (χ0v) is 36.8. The summed E-state index contributed by atoms with van der Waals surface area (Å²) >= 11 is 0. The molecule has 314 valence electrons. The van der Waals surface area contributed by atoms with Crippen molar-refractivity contribution >= 4 is 7.82 Å². The summed E-state index contributed by atoms with van der Waals surface area (Å²) in [6.07, 6.45) is 42.9. The van der Waals surface area contributed by atoms with E-state index in [4.69, 9.17) is 13.8 Å². The van der Waals surface area contributed by atoms with Crippen LogP contribution in [0.3, 0.4) is 0 Å². The number of rotatable bonds is 44. The van der Waals surface area contributed by atoms with Crippen LogP contribution in [0.2, 0.25) is 0 Å². The van der Waals surface area contributed by atoms with Gasteiger partial charge in [0.05, 0.1) is 27.7 Å². The third-order valence-corrected chi connectivity index (χ3v) is 11.4. The normalized spacial score (nSPS) is 13.9. The Morgan fingerprint density at radius 1 is 0.519 bits per heavy atom. The van der Waals surface area contributed by atoms with E-state index < -0.39 is 13.9 Å². The number of hydrogen-bond donors (Lipinski definition) is 2. The summed E-state index contributed by atoms with van der Waals surface area (Å²) in [5.74, 6) is 0. The van der Waals surface area contributed by atoms with Crippen molar-refractivity contribution in [1.82, 2.24) is 5.32 Å². The van der Waals surface area contributed by atoms with Crippen LogP contribution in [0.15, 0.2) is 0 Å². The van der Waals surface area contributed by atoms with E-state index in [0.717, 1.165) is 19.4 Å². The maximum atomic E-state index is 12.7. The van der Waals surface area contributed by atoms with Crippen LogP contribution >= 0.6 is 7.82 Å². The molecule has 0 heterocycles. The minimum Gasteiger partial charge on any atom is -0.379 e. The predicted octanol–water partition coefficient (Wildman–Crippen LogP) is 13.3. The topological polar surface area (TPSA) is 77.0 Å². The van der Waals surface area contributed by atoms with E-state index in [1.807, 2.05) is 21.1 Å². The van der Waals surface area contributed by atoms with Gasteiger partial charge in [0.1, 0.15) is 19.3 Å². The molecule has 52 heavy (non-hydrogen) atoms. The second kappa shape index (κ2) is 39.2. The first-order chi connectivity index (χ1) is 25.2. The zero-order valence-electron chi connectivity index (χ0n) is 35.9. The second-order valence-electron chi connectivity index (χ2n) is 16.9. The molecule has 2 unspecified atom stereocenters. The molecule has 0 aromatic rings. The molecule has 0 rings (SSSR count). The van der Waals surface area contributed by atoms with Gasteiger partial charge in [-0.25, -0.2) is 4.57 Å². The monoisotopic (exact) mass is 762 g/mol. The molecule has 0 fully saturated rings. The maximum Gasteiger partial charge on any atom is 0.472 e. The fourth-order valence-electron chi connectivity index (χ4n) is 6.80. The van der Waals surface area contributed by atoms with E-state index in [-0.39, 0.29) is 6.61 Å². The van der Waals surface area contributed by atoms with Gasteiger partial charge in [-0.2, -0.15) is 0 Å². The number of quaternary nitrogens is 1. The van der Waals surface area contributed by atoms with Crippen molar-refractivity contribution in [1.29, 1.82) is 0 Å². The van der Waals surface area contributed by atoms with E-state index >= 15 is 0 Å². The fourth-order valence-corrected chi connectivity index (χ4v) is 7.69. The van der Waals surface area contributed by atoms with Gasteiger partial charge in [-0.05, 0) is 19.4 Å². The lowest BCUT2D eigenvalue weighted by Crippen LogP contribution is -2.37. The van der Waals surface area contributed by atoms with Gasteiger partial charge < -0.3 is 19.4 Å². The highest BCUT2D eigenvalue weighted by molar-refractivity contribution is 7.47. The number of phosphoric ester groups is 1. The molecule has 0 saturated heterocycles. The number of ether oxygens (including phenoxy) is 1. The highest BCUT2D eigenvalue weighted by Crippen LogP contribution is 2.44. The molecule has 0 amide bonds.